The lowest BCUT2D eigenvalue weighted by atomic mass is 10.1. The van der Waals surface area contributed by atoms with Crippen molar-refractivity contribution < 1.29 is 9.84 Å². The van der Waals surface area contributed by atoms with Crippen molar-refractivity contribution in [3.8, 4) is 34.0 Å². The molecule has 0 aliphatic carbocycles. The van der Waals surface area contributed by atoms with Crippen molar-refractivity contribution in [1.82, 2.24) is 14.8 Å². The van der Waals surface area contributed by atoms with Crippen molar-refractivity contribution in [1.29, 1.82) is 0 Å². The number of halogens is 2. The smallest absolute Gasteiger partial charge is 0.345 e. The number of nitrogens with zero attached hydrogens (tertiary/aromatic N) is 1. The Bertz CT molecular complexity index is 959. The Kier molecular flexibility index (Phi) is 5.78. The first-order chi connectivity index (χ1) is 12.6. The van der Waals surface area contributed by atoms with E-state index in [1.165, 1.54) is 6.07 Å². The topological polar surface area (TPSA) is 87.2 Å². The average molecular weight is 392 g/mol. The van der Waals surface area contributed by atoms with Crippen LogP contribution in [0.5, 0.6) is 11.5 Å². The molecule has 3 rings (SSSR count). The van der Waals surface area contributed by atoms with E-state index in [1.54, 1.807) is 30.3 Å². The van der Waals surface area contributed by atoms with Crippen LogP contribution < -0.4 is 15.3 Å². The first kappa shape index (κ1) is 18.3. The molecule has 0 atom stereocenters. The summed E-state index contributed by atoms with van der Waals surface area (Å²) in [6, 6.07) is 13.6. The van der Waals surface area contributed by atoms with Gasteiger partial charge in [0.1, 0.15) is 6.61 Å². The molecular formula is C18H15Cl2N3O3. The van der Waals surface area contributed by atoms with E-state index in [1.807, 2.05) is 12.1 Å². The van der Waals surface area contributed by atoms with Crippen LogP contribution in [0.3, 0.4) is 0 Å². The molecule has 1 aromatic heterocycles. The Morgan fingerprint density at radius 3 is 2.58 bits per heavy atom. The summed E-state index contributed by atoms with van der Waals surface area (Å²) in [6.45, 7) is 0.689. The highest BCUT2D eigenvalue weighted by Crippen LogP contribution is 2.31. The molecule has 0 bridgehead atoms. The summed E-state index contributed by atoms with van der Waals surface area (Å²) in [5.41, 5.74) is 2.03. The summed E-state index contributed by atoms with van der Waals surface area (Å²) in [6.07, 6.45) is 0. The monoisotopic (exact) mass is 391 g/mol. The van der Waals surface area contributed by atoms with E-state index >= 15 is 0 Å². The van der Waals surface area contributed by atoms with E-state index < -0.39 is 5.69 Å². The quantitative estimate of drug-likeness (QED) is 0.441. The SMILES string of the molecule is O=c1nc(-c2ccc(O)c(OCCNCl)c2)cc(-c2ccc(Cl)cc2)[nH]1. The van der Waals surface area contributed by atoms with Gasteiger partial charge in [-0.05, 0) is 53.7 Å². The molecule has 2 aromatic carbocycles. The van der Waals surface area contributed by atoms with Gasteiger partial charge in [-0.3, -0.25) is 0 Å². The van der Waals surface area contributed by atoms with Gasteiger partial charge in [0.2, 0.25) is 0 Å². The number of H-pyrrole nitrogens is 1. The van der Waals surface area contributed by atoms with Gasteiger partial charge in [-0.15, -0.1) is 0 Å². The molecule has 8 heteroatoms. The van der Waals surface area contributed by atoms with Gasteiger partial charge in [-0.2, -0.15) is 4.98 Å². The number of ether oxygens (including phenoxy) is 1. The van der Waals surface area contributed by atoms with Crippen LogP contribution in [-0.4, -0.2) is 28.2 Å². The lowest BCUT2D eigenvalue weighted by molar-refractivity contribution is 0.305. The third-order valence-corrected chi connectivity index (χ3v) is 4.05. The largest absolute Gasteiger partial charge is 0.504 e. The zero-order valence-electron chi connectivity index (χ0n) is 13.5. The molecule has 0 fully saturated rings. The normalized spacial score (nSPS) is 10.7. The van der Waals surface area contributed by atoms with Gasteiger partial charge in [-0.25, -0.2) is 9.63 Å². The molecule has 0 spiro atoms. The van der Waals surface area contributed by atoms with Crippen LogP contribution in [0.4, 0.5) is 0 Å². The predicted molar refractivity (Wildman–Crippen MR) is 102 cm³/mol. The van der Waals surface area contributed by atoms with Gasteiger partial charge in [0.15, 0.2) is 11.5 Å². The number of benzene rings is 2. The Morgan fingerprint density at radius 1 is 1.12 bits per heavy atom. The maximum atomic E-state index is 12.0. The Hall–Kier alpha value is -2.54. The van der Waals surface area contributed by atoms with Crippen molar-refractivity contribution >= 4 is 23.4 Å². The fourth-order valence-corrected chi connectivity index (χ4v) is 2.58. The standard InChI is InChI=1S/C18H15Cl2N3O3/c19-13-4-1-11(2-5-13)14-10-15(23-18(25)22-14)12-3-6-16(24)17(9-12)26-8-7-21-20/h1-6,9-10,21,24H,7-8H2,(H,22,23,25). The van der Waals surface area contributed by atoms with Crippen LogP contribution in [0.1, 0.15) is 0 Å². The summed E-state index contributed by atoms with van der Waals surface area (Å²) in [5, 5.41) is 10.5. The summed E-state index contributed by atoms with van der Waals surface area (Å²) in [7, 11) is 0. The highest BCUT2D eigenvalue weighted by atomic mass is 35.5. The number of phenolic OH excluding ortho intramolecular Hbond substituents is 1. The minimum absolute atomic E-state index is 0.00825. The second kappa shape index (κ2) is 8.23. The van der Waals surface area contributed by atoms with E-state index in [0.717, 1.165) is 5.56 Å². The van der Waals surface area contributed by atoms with Crippen LogP contribution in [0.15, 0.2) is 53.3 Å². The zero-order chi connectivity index (χ0) is 18.5. The van der Waals surface area contributed by atoms with Crippen LogP contribution in [0.2, 0.25) is 5.02 Å². The fourth-order valence-electron chi connectivity index (χ4n) is 2.38. The van der Waals surface area contributed by atoms with Crippen molar-refractivity contribution in [2.24, 2.45) is 0 Å². The molecule has 0 saturated heterocycles. The second-order valence-corrected chi connectivity index (χ2v) is 6.11. The summed E-state index contributed by atoms with van der Waals surface area (Å²) >= 11 is 11.3. The van der Waals surface area contributed by atoms with Gasteiger partial charge in [0.25, 0.3) is 0 Å². The first-order valence-electron chi connectivity index (χ1n) is 7.74. The number of phenols is 1. The van der Waals surface area contributed by atoms with E-state index in [-0.39, 0.29) is 18.1 Å². The molecule has 6 nitrogen and oxygen atoms in total. The molecule has 1 heterocycles. The molecule has 0 radical (unpaired) electrons. The minimum atomic E-state index is -0.477. The van der Waals surface area contributed by atoms with E-state index in [2.05, 4.69) is 14.8 Å². The van der Waals surface area contributed by atoms with Crippen molar-refractivity contribution in [2.75, 3.05) is 13.2 Å². The van der Waals surface area contributed by atoms with Crippen LogP contribution in [-0.2, 0) is 0 Å². The molecule has 3 aromatic rings. The molecule has 0 amide bonds. The Balaban J connectivity index is 1.97. The number of nitrogens with one attached hydrogen (secondary N) is 2. The van der Waals surface area contributed by atoms with E-state index in [9.17, 15) is 9.90 Å². The maximum absolute atomic E-state index is 12.0. The zero-order valence-corrected chi connectivity index (χ0v) is 15.0. The molecular weight excluding hydrogens is 377 g/mol. The predicted octanol–water partition coefficient (Wildman–Crippen LogP) is 3.59. The van der Waals surface area contributed by atoms with Crippen molar-refractivity contribution in [3.05, 3.63) is 64.0 Å². The van der Waals surface area contributed by atoms with Crippen molar-refractivity contribution in [2.45, 2.75) is 0 Å². The lowest BCUT2D eigenvalue weighted by Crippen LogP contribution is -2.12. The van der Waals surface area contributed by atoms with Gasteiger partial charge in [0, 0.05) is 17.1 Å². The van der Waals surface area contributed by atoms with E-state index in [0.29, 0.717) is 28.5 Å². The highest BCUT2D eigenvalue weighted by Gasteiger charge is 2.10. The average Bonchev–Trinajstić information content (AvgIpc) is 2.63. The summed E-state index contributed by atoms with van der Waals surface area (Å²) in [5.74, 6) is 0.274. The van der Waals surface area contributed by atoms with Crippen LogP contribution >= 0.6 is 23.4 Å². The van der Waals surface area contributed by atoms with Gasteiger partial charge < -0.3 is 14.8 Å². The number of hydrogen-bond donors (Lipinski definition) is 3. The van der Waals surface area contributed by atoms with E-state index in [4.69, 9.17) is 28.1 Å². The summed E-state index contributed by atoms with van der Waals surface area (Å²) < 4.78 is 5.47. The van der Waals surface area contributed by atoms with Gasteiger partial charge in [-0.1, -0.05) is 23.7 Å². The number of hydrogen-bond acceptors (Lipinski definition) is 5. The molecule has 3 N–H and O–H groups in total. The third kappa shape index (κ3) is 4.35. The minimum Gasteiger partial charge on any atom is -0.504 e. The number of aromatic nitrogens is 2. The molecule has 26 heavy (non-hydrogen) atoms. The number of rotatable bonds is 6. The lowest BCUT2D eigenvalue weighted by Gasteiger charge is -2.10. The van der Waals surface area contributed by atoms with Gasteiger partial charge >= 0.3 is 5.69 Å². The Labute approximate surface area is 159 Å². The number of aromatic hydroxyl groups is 1. The molecule has 134 valence electrons. The van der Waals surface area contributed by atoms with Crippen molar-refractivity contribution in [3.63, 3.8) is 0 Å². The second-order valence-electron chi connectivity index (χ2n) is 5.41. The molecule has 0 aliphatic heterocycles. The summed E-state index contributed by atoms with van der Waals surface area (Å²) in [4.78, 5) is 21.1. The molecule has 0 saturated carbocycles. The van der Waals surface area contributed by atoms with Crippen LogP contribution in [0.25, 0.3) is 22.5 Å². The molecule has 0 unspecified atom stereocenters. The third-order valence-electron chi connectivity index (χ3n) is 3.61. The first-order valence-corrected chi connectivity index (χ1v) is 8.49. The Morgan fingerprint density at radius 2 is 1.85 bits per heavy atom. The van der Waals surface area contributed by atoms with Crippen LogP contribution in [0, 0.1) is 0 Å². The maximum Gasteiger partial charge on any atom is 0.345 e. The highest BCUT2D eigenvalue weighted by molar-refractivity contribution is 6.30. The van der Waals surface area contributed by atoms with Gasteiger partial charge in [0.05, 0.1) is 11.4 Å². The number of aromatic amines is 1. The fraction of sp³-hybridized carbons (Fsp3) is 0.111. The molecule has 0 aliphatic rings.